The second-order valence-electron chi connectivity index (χ2n) is 7.31. The first-order chi connectivity index (χ1) is 17.5. The third-order valence-electron chi connectivity index (χ3n) is 4.75. The molecule has 0 saturated heterocycles. The average Bonchev–Trinajstić information content (AvgIpc) is 2.84. The SMILES string of the molecule is CCOc1cc(/C=C(\C#N)C(=O)Nc2ccc(Cl)cc2)ccc1Oc1ccc(C(F)(F)F)cc1[N+](=O)[O-]. The minimum absolute atomic E-state index is 0.0222. The van der Waals surface area contributed by atoms with Crippen LogP contribution in [0.25, 0.3) is 6.08 Å². The number of rotatable bonds is 8. The fourth-order valence-corrected chi connectivity index (χ4v) is 3.18. The average molecular weight is 532 g/mol. The van der Waals surface area contributed by atoms with Gasteiger partial charge in [0.25, 0.3) is 5.91 Å². The van der Waals surface area contributed by atoms with Crippen molar-refractivity contribution in [1.82, 2.24) is 0 Å². The van der Waals surface area contributed by atoms with Crippen LogP contribution in [-0.2, 0) is 11.0 Å². The van der Waals surface area contributed by atoms with Gasteiger partial charge in [-0.05, 0) is 67.1 Å². The van der Waals surface area contributed by atoms with E-state index >= 15 is 0 Å². The second kappa shape index (κ2) is 11.5. The van der Waals surface area contributed by atoms with Crippen molar-refractivity contribution in [3.05, 3.63) is 92.5 Å². The molecule has 1 amide bonds. The van der Waals surface area contributed by atoms with Crippen LogP contribution in [0.5, 0.6) is 17.2 Å². The maximum atomic E-state index is 13.0. The fraction of sp³-hybridized carbons (Fsp3) is 0.120. The molecule has 1 N–H and O–H groups in total. The lowest BCUT2D eigenvalue weighted by molar-refractivity contribution is -0.385. The van der Waals surface area contributed by atoms with Crippen LogP contribution in [0.4, 0.5) is 24.5 Å². The number of ether oxygens (including phenoxy) is 2. The highest BCUT2D eigenvalue weighted by Gasteiger charge is 2.33. The third-order valence-corrected chi connectivity index (χ3v) is 5.00. The van der Waals surface area contributed by atoms with Crippen LogP contribution in [0.1, 0.15) is 18.1 Å². The smallest absolute Gasteiger partial charge is 0.416 e. The van der Waals surface area contributed by atoms with Crippen LogP contribution in [0.2, 0.25) is 5.02 Å². The van der Waals surface area contributed by atoms with Crippen LogP contribution in [0.3, 0.4) is 0 Å². The molecule has 0 saturated carbocycles. The van der Waals surface area contributed by atoms with Crippen molar-refractivity contribution in [2.45, 2.75) is 13.1 Å². The van der Waals surface area contributed by atoms with Crippen molar-refractivity contribution in [3.8, 4) is 23.3 Å². The van der Waals surface area contributed by atoms with Gasteiger partial charge in [-0.25, -0.2) is 0 Å². The molecule has 3 aromatic rings. The Balaban J connectivity index is 1.91. The number of hydrogen-bond acceptors (Lipinski definition) is 6. The summed E-state index contributed by atoms with van der Waals surface area (Å²) in [5, 5.41) is 23.9. The van der Waals surface area contributed by atoms with Crippen LogP contribution < -0.4 is 14.8 Å². The minimum Gasteiger partial charge on any atom is -0.490 e. The lowest BCUT2D eigenvalue weighted by Gasteiger charge is -2.14. The molecule has 0 atom stereocenters. The van der Waals surface area contributed by atoms with E-state index < -0.39 is 34.0 Å². The Labute approximate surface area is 213 Å². The quantitative estimate of drug-likeness (QED) is 0.145. The summed E-state index contributed by atoms with van der Waals surface area (Å²) in [4.78, 5) is 22.9. The number of alkyl halides is 3. The Morgan fingerprint density at radius 3 is 2.38 bits per heavy atom. The molecule has 37 heavy (non-hydrogen) atoms. The van der Waals surface area contributed by atoms with Crippen LogP contribution in [-0.4, -0.2) is 17.4 Å². The van der Waals surface area contributed by atoms with E-state index in [1.165, 1.54) is 24.3 Å². The van der Waals surface area contributed by atoms with E-state index in [1.54, 1.807) is 31.2 Å². The highest BCUT2D eigenvalue weighted by atomic mass is 35.5. The largest absolute Gasteiger partial charge is 0.490 e. The number of halogens is 4. The molecule has 3 aromatic carbocycles. The predicted molar refractivity (Wildman–Crippen MR) is 129 cm³/mol. The first-order valence-corrected chi connectivity index (χ1v) is 10.9. The summed E-state index contributed by atoms with van der Waals surface area (Å²) in [5.41, 5.74) is -1.53. The Bertz CT molecular complexity index is 1400. The molecular weight excluding hydrogens is 515 g/mol. The van der Waals surface area contributed by atoms with Gasteiger partial charge in [-0.1, -0.05) is 17.7 Å². The molecule has 0 fully saturated rings. The van der Waals surface area contributed by atoms with Gasteiger partial charge in [-0.2, -0.15) is 18.4 Å². The van der Waals surface area contributed by atoms with Gasteiger partial charge in [-0.15, -0.1) is 0 Å². The normalized spacial score (nSPS) is 11.4. The maximum Gasteiger partial charge on any atom is 0.416 e. The van der Waals surface area contributed by atoms with Crippen molar-refractivity contribution in [1.29, 1.82) is 5.26 Å². The molecule has 0 radical (unpaired) electrons. The van der Waals surface area contributed by atoms with E-state index in [9.17, 15) is 33.3 Å². The molecule has 0 spiro atoms. The van der Waals surface area contributed by atoms with Gasteiger partial charge in [-0.3, -0.25) is 14.9 Å². The number of amides is 1. The lowest BCUT2D eigenvalue weighted by atomic mass is 10.1. The Morgan fingerprint density at radius 2 is 1.78 bits per heavy atom. The number of nitrogens with zero attached hydrogens (tertiary/aromatic N) is 2. The van der Waals surface area contributed by atoms with Crippen LogP contribution in [0, 0.1) is 21.4 Å². The molecule has 0 aromatic heterocycles. The van der Waals surface area contributed by atoms with E-state index in [0.29, 0.717) is 28.4 Å². The summed E-state index contributed by atoms with van der Waals surface area (Å²) in [7, 11) is 0. The van der Waals surface area contributed by atoms with E-state index in [2.05, 4.69) is 5.32 Å². The number of anilines is 1. The van der Waals surface area contributed by atoms with Gasteiger partial charge in [0.2, 0.25) is 5.75 Å². The van der Waals surface area contributed by atoms with Crippen molar-refractivity contribution in [2.75, 3.05) is 11.9 Å². The van der Waals surface area contributed by atoms with Gasteiger partial charge in [0, 0.05) is 16.8 Å². The number of carbonyl (C=O) groups excluding carboxylic acids is 1. The summed E-state index contributed by atoms with van der Waals surface area (Å²) in [5.74, 6) is -1.04. The monoisotopic (exact) mass is 531 g/mol. The minimum atomic E-state index is -4.77. The van der Waals surface area contributed by atoms with Crippen molar-refractivity contribution < 1.29 is 32.4 Å². The molecule has 3 rings (SSSR count). The predicted octanol–water partition coefficient (Wildman–Crippen LogP) is 7.00. The highest BCUT2D eigenvalue weighted by Crippen LogP contribution is 2.40. The number of nitro benzene ring substituents is 1. The van der Waals surface area contributed by atoms with Gasteiger partial charge in [0.1, 0.15) is 11.6 Å². The standard InChI is InChI=1S/C25H17ClF3N3O5/c1-2-36-23-12-15(11-16(14-30)24(33)31-19-7-5-18(26)6-8-19)3-9-22(23)37-21-10-4-17(25(27,28)29)13-20(21)32(34)35/h3-13H,2H2,1H3,(H,31,33)/b16-11+. The zero-order valence-corrected chi connectivity index (χ0v) is 19.8. The number of nitriles is 1. The van der Waals surface area contributed by atoms with Gasteiger partial charge in [0.05, 0.1) is 17.1 Å². The van der Waals surface area contributed by atoms with Crippen LogP contribution in [0.15, 0.2) is 66.2 Å². The fourth-order valence-electron chi connectivity index (χ4n) is 3.06. The third kappa shape index (κ3) is 6.99. The van der Waals surface area contributed by atoms with Gasteiger partial charge in [0.15, 0.2) is 11.5 Å². The molecular formula is C25H17ClF3N3O5. The molecule has 0 unspecified atom stereocenters. The number of hydrogen-bond donors (Lipinski definition) is 1. The van der Waals surface area contributed by atoms with Gasteiger partial charge >= 0.3 is 11.9 Å². The summed E-state index contributed by atoms with van der Waals surface area (Å²) < 4.78 is 50.0. The second-order valence-corrected chi connectivity index (χ2v) is 7.75. The molecule has 0 aliphatic carbocycles. The van der Waals surface area contributed by atoms with E-state index in [-0.39, 0.29) is 23.7 Å². The topological polar surface area (TPSA) is 114 Å². The zero-order valence-electron chi connectivity index (χ0n) is 19.0. The molecule has 0 aliphatic rings. The van der Waals surface area contributed by atoms with Crippen molar-refractivity contribution in [3.63, 3.8) is 0 Å². The Kier molecular flexibility index (Phi) is 8.37. The molecule has 0 bridgehead atoms. The van der Waals surface area contributed by atoms with Gasteiger partial charge < -0.3 is 14.8 Å². The van der Waals surface area contributed by atoms with Crippen LogP contribution >= 0.6 is 11.6 Å². The molecule has 190 valence electrons. The Morgan fingerprint density at radius 1 is 1.11 bits per heavy atom. The lowest BCUT2D eigenvalue weighted by Crippen LogP contribution is -2.13. The molecule has 12 heteroatoms. The first-order valence-electron chi connectivity index (χ1n) is 10.5. The number of carbonyl (C=O) groups is 1. The summed E-state index contributed by atoms with van der Waals surface area (Å²) in [6.07, 6.45) is -3.48. The van der Waals surface area contributed by atoms with Crippen molar-refractivity contribution >= 4 is 35.0 Å². The first kappa shape index (κ1) is 27.0. The van der Waals surface area contributed by atoms with E-state index in [4.69, 9.17) is 21.1 Å². The Hall–Kier alpha value is -4.56. The summed E-state index contributed by atoms with van der Waals surface area (Å²) in [6, 6.07) is 14.2. The zero-order chi connectivity index (χ0) is 27.2. The van der Waals surface area contributed by atoms with Crippen molar-refractivity contribution in [2.24, 2.45) is 0 Å². The van der Waals surface area contributed by atoms with E-state index in [0.717, 1.165) is 6.07 Å². The maximum absolute atomic E-state index is 13.0. The summed E-state index contributed by atoms with van der Waals surface area (Å²) in [6.45, 7) is 1.81. The highest BCUT2D eigenvalue weighted by molar-refractivity contribution is 6.30. The number of nitro groups is 1. The number of benzene rings is 3. The molecule has 8 nitrogen and oxygen atoms in total. The van der Waals surface area contributed by atoms with E-state index in [1.807, 2.05) is 6.07 Å². The summed E-state index contributed by atoms with van der Waals surface area (Å²) >= 11 is 5.82. The molecule has 0 heterocycles. The molecule has 0 aliphatic heterocycles. The number of nitrogens with one attached hydrogen (secondary N) is 1.